The Hall–Kier alpha value is -2.24. The van der Waals surface area contributed by atoms with E-state index in [0.29, 0.717) is 0 Å². The molecule has 0 unspecified atom stereocenters. The van der Waals surface area contributed by atoms with Crippen LogP contribution in [0.4, 0.5) is 8.78 Å². The maximum atomic E-state index is 15.0. The largest absolute Gasteiger partial charge is 0.462 e. The minimum Gasteiger partial charge on any atom is -0.462 e. The van der Waals surface area contributed by atoms with Crippen LogP contribution in [0, 0.1) is 11.6 Å². The van der Waals surface area contributed by atoms with E-state index in [1.54, 1.807) is 11.5 Å². The summed E-state index contributed by atoms with van der Waals surface area (Å²) in [6, 6.07) is 1.11. The van der Waals surface area contributed by atoms with Crippen LogP contribution in [0.2, 0.25) is 0 Å². The normalized spacial score (nSPS) is 17.3. The number of hydrogen-bond donors (Lipinski definition) is 0. The molecule has 0 atom stereocenters. The predicted octanol–water partition coefficient (Wildman–Crippen LogP) is 3.67. The van der Waals surface area contributed by atoms with E-state index in [9.17, 15) is 14.0 Å². The van der Waals surface area contributed by atoms with Gasteiger partial charge in [-0.1, -0.05) is 0 Å². The molecule has 4 rings (SSSR count). The minimum atomic E-state index is -0.758. The molecular formula is C18H17F2NO3. The van der Waals surface area contributed by atoms with Gasteiger partial charge in [0.2, 0.25) is 5.43 Å². The van der Waals surface area contributed by atoms with E-state index in [1.165, 1.54) is 6.20 Å². The molecule has 0 aliphatic heterocycles. The molecule has 0 radical (unpaired) electrons. The lowest BCUT2D eigenvalue weighted by Crippen LogP contribution is -2.22. The Labute approximate surface area is 137 Å². The Morgan fingerprint density at radius 1 is 1.29 bits per heavy atom. The fraction of sp³-hybridized carbons (Fsp3) is 0.444. The molecule has 0 spiro atoms. The Morgan fingerprint density at radius 3 is 2.58 bits per heavy atom. The second kappa shape index (κ2) is 5.40. The average Bonchev–Trinajstić information content (AvgIpc) is 3.41. The smallest absolute Gasteiger partial charge is 0.343 e. The van der Waals surface area contributed by atoms with E-state index < -0.39 is 23.0 Å². The molecule has 0 saturated heterocycles. The Balaban J connectivity index is 2.03. The number of nitrogens with zero attached hydrogens (tertiary/aromatic N) is 1. The number of rotatable bonds is 4. The summed E-state index contributed by atoms with van der Waals surface area (Å²) in [5.74, 6) is -2.23. The highest BCUT2D eigenvalue weighted by Gasteiger charge is 2.34. The van der Waals surface area contributed by atoms with Crippen LogP contribution in [-0.4, -0.2) is 17.1 Å². The quantitative estimate of drug-likeness (QED) is 0.802. The van der Waals surface area contributed by atoms with Gasteiger partial charge >= 0.3 is 5.97 Å². The molecule has 24 heavy (non-hydrogen) atoms. The molecule has 2 fully saturated rings. The van der Waals surface area contributed by atoms with E-state index in [-0.39, 0.29) is 40.6 Å². The van der Waals surface area contributed by atoms with Gasteiger partial charge in [0, 0.05) is 17.8 Å². The third-order valence-electron chi connectivity index (χ3n) is 4.66. The van der Waals surface area contributed by atoms with Gasteiger partial charge in [0.25, 0.3) is 0 Å². The first kappa shape index (κ1) is 15.3. The van der Waals surface area contributed by atoms with E-state index in [4.69, 9.17) is 4.74 Å². The molecule has 4 nitrogen and oxygen atoms in total. The molecule has 2 aromatic rings. The Kier molecular flexibility index (Phi) is 3.44. The van der Waals surface area contributed by atoms with E-state index in [2.05, 4.69) is 0 Å². The second-order valence-electron chi connectivity index (χ2n) is 6.49. The zero-order valence-corrected chi connectivity index (χ0v) is 13.3. The van der Waals surface area contributed by atoms with Crippen molar-refractivity contribution in [2.45, 2.75) is 44.6 Å². The summed E-state index contributed by atoms with van der Waals surface area (Å²) in [4.78, 5) is 24.6. The molecule has 2 saturated carbocycles. The summed E-state index contributed by atoms with van der Waals surface area (Å²) in [6.45, 7) is 1.77. The Morgan fingerprint density at radius 2 is 2.00 bits per heavy atom. The van der Waals surface area contributed by atoms with Gasteiger partial charge in [-0.15, -0.1) is 0 Å². The van der Waals surface area contributed by atoms with Crippen LogP contribution >= 0.6 is 0 Å². The van der Waals surface area contributed by atoms with Crippen LogP contribution in [0.3, 0.4) is 0 Å². The minimum absolute atomic E-state index is 0.0355. The number of carbonyl (C=O) groups excluding carboxylic acids is 1. The number of fused-ring (bicyclic) bond motifs is 1. The highest BCUT2D eigenvalue weighted by atomic mass is 19.1. The van der Waals surface area contributed by atoms with E-state index >= 15 is 4.39 Å². The Bertz CT molecular complexity index is 911. The maximum Gasteiger partial charge on any atom is 0.343 e. The SMILES string of the molecule is CCOC(=O)c1cn(C2CC2)c2c(F)c(C3CC3)c(F)cc2c1=O. The summed E-state index contributed by atoms with van der Waals surface area (Å²) in [5.41, 5.74) is -0.672. The maximum absolute atomic E-state index is 15.0. The van der Waals surface area contributed by atoms with E-state index in [0.717, 1.165) is 31.7 Å². The van der Waals surface area contributed by atoms with Crippen molar-refractivity contribution in [3.05, 3.63) is 45.2 Å². The molecular weight excluding hydrogens is 316 g/mol. The molecule has 0 amide bonds. The predicted molar refractivity (Wildman–Crippen MR) is 84.3 cm³/mol. The van der Waals surface area contributed by atoms with Crippen LogP contribution in [-0.2, 0) is 4.74 Å². The molecule has 1 aromatic carbocycles. The zero-order valence-electron chi connectivity index (χ0n) is 13.3. The highest BCUT2D eigenvalue weighted by Crippen LogP contribution is 2.45. The summed E-state index contributed by atoms with van der Waals surface area (Å²) >= 11 is 0. The van der Waals surface area contributed by atoms with Crippen molar-refractivity contribution in [3.8, 4) is 0 Å². The standard InChI is InChI=1S/C18H17F2NO3/c1-2-24-18(23)12-8-21(10-5-6-10)16-11(17(12)22)7-13(19)14(15(16)20)9-3-4-9/h7-10H,2-6H2,1H3. The number of halogens is 2. The number of esters is 1. The lowest BCUT2D eigenvalue weighted by molar-refractivity contribution is 0.0524. The number of aromatic nitrogens is 1. The summed E-state index contributed by atoms with van der Waals surface area (Å²) in [6.07, 6.45) is 4.57. The van der Waals surface area contributed by atoms with Crippen molar-refractivity contribution in [2.24, 2.45) is 0 Å². The van der Waals surface area contributed by atoms with Gasteiger partial charge in [0.15, 0.2) is 5.82 Å². The molecule has 2 aliphatic carbocycles. The molecule has 6 heteroatoms. The van der Waals surface area contributed by atoms with Crippen LogP contribution in [0.25, 0.3) is 10.9 Å². The first-order valence-corrected chi connectivity index (χ1v) is 8.26. The summed E-state index contributed by atoms with van der Waals surface area (Å²) in [7, 11) is 0. The van der Waals surface area contributed by atoms with E-state index in [1.807, 2.05) is 0 Å². The molecule has 1 aromatic heterocycles. The van der Waals surface area contributed by atoms with Gasteiger partial charge < -0.3 is 9.30 Å². The van der Waals surface area contributed by atoms with Crippen molar-refractivity contribution < 1.29 is 18.3 Å². The van der Waals surface area contributed by atoms with Crippen molar-refractivity contribution in [1.29, 1.82) is 0 Å². The number of ether oxygens (including phenoxy) is 1. The van der Waals surface area contributed by atoms with Gasteiger partial charge in [-0.25, -0.2) is 13.6 Å². The van der Waals surface area contributed by atoms with Crippen molar-refractivity contribution >= 4 is 16.9 Å². The van der Waals surface area contributed by atoms with Crippen LogP contribution in [0.1, 0.15) is 60.5 Å². The number of carbonyl (C=O) groups is 1. The monoisotopic (exact) mass is 333 g/mol. The van der Waals surface area contributed by atoms with Gasteiger partial charge in [-0.3, -0.25) is 4.79 Å². The fourth-order valence-corrected chi connectivity index (χ4v) is 3.20. The van der Waals surface area contributed by atoms with Crippen molar-refractivity contribution in [1.82, 2.24) is 4.57 Å². The number of benzene rings is 1. The van der Waals surface area contributed by atoms with Gasteiger partial charge in [0.1, 0.15) is 11.4 Å². The zero-order chi connectivity index (χ0) is 17.0. The molecule has 2 aliphatic rings. The molecule has 0 bridgehead atoms. The van der Waals surface area contributed by atoms with Gasteiger partial charge in [0.05, 0.1) is 17.5 Å². The molecule has 126 valence electrons. The second-order valence-corrected chi connectivity index (χ2v) is 6.49. The fourth-order valence-electron chi connectivity index (χ4n) is 3.20. The van der Waals surface area contributed by atoms with Crippen molar-refractivity contribution in [3.63, 3.8) is 0 Å². The topological polar surface area (TPSA) is 48.3 Å². The first-order valence-electron chi connectivity index (χ1n) is 8.26. The first-order chi connectivity index (χ1) is 11.5. The van der Waals surface area contributed by atoms with Crippen LogP contribution < -0.4 is 5.43 Å². The molecule has 0 N–H and O–H groups in total. The summed E-state index contributed by atoms with van der Waals surface area (Å²) in [5, 5.41) is -0.0909. The lowest BCUT2D eigenvalue weighted by atomic mass is 10.0. The number of pyridine rings is 1. The third kappa shape index (κ3) is 2.32. The van der Waals surface area contributed by atoms with Crippen molar-refractivity contribution in [2.75, 3.05) is 6.61 Å². The number of hydrogen-bond acceptors (Lipinski definition) is 3. The van der Waals surface area contributed by atoms with Crippen LogP contribution in [0.5, 0.6) is 0 Å². The third-order valence-corrected chi connectivity index (χ3v) is 4.66. The lowest BCUT2D eigenvalue weighted by Gasteiger charge is -2.15. The van der Waals surface area contributed by atoms with Crippen LogP contribution in [0.15, 0.2) is 17.1 Å². The van der Waals surface area contributed by atoms with Gasteiger partial charge in [-0.05, 0) is 44.6 Å². The average molecular weight is 333 g/mol. The molecule has 1 heterocycles. The highest BCUT2D eigenvalue weighted by molar-refractivity contribution is 5.94. The van der Waals surface area contributed by atoms with Gasteiger partial charge in [-0.2, -0.15) is 0 Å². The summed E-state index contributed by atoms with van der Waals surface area (Å²) < 4.78 is 35.9.